The summed E-state index contributed by atoms with van der Waals surface area (Å²) in [7, 11) is 1.26. The van der Waals surface area contributed by atoms with Gasteiger partial charge in [-0.3, -0.25) is 4.79 Å². The van der Waals surface area contributed by atoms with E-state index < -0.39 is 35.4 Å². The van der Waals surface area contributed by atoms with Crippen LogP contribution in [0.15, 0.2) is 48.5 Å². The molecule has 0 saturated carbocycles. The van der Waals surface area contributed by atoms with Gasteiger partial charge in [0.1, 0.15) is 11.4 Å². The smallest absolute Gasteiger partial charge is 0.436 e. The summed E-state index contributed by atoms with van der Waals surface area (Å²) in [4.78, 5) is 26.7. The van der Waals surface area contributed by atoms with Crippen molar-refractivity contribution in [2.75, 3.05) is 18.6 Å². The molecule has 0 radical (unpaired) electrons. The van der Waals surface area contributed by atoms with Crippen molar-refractivity contribution in [2.24, 2.45) is 0 Å². The molecule has 0 aliphatic carbocycles. The molecule has 190 valence electrons. The Morgan fingerprint density at radius 3 is 2.47 bits per heavy atom. The number of nitrogens with one attached hydrogen (secondary N) is 1. The monoisotopic (exact) mass is 520 g/mol. The van der Waals surface area contributed by atoms with Crippen LogP contribution < -0.4 is 10.2 Å². The van der Waals surface area contributed by atoms with Gasteiger partial charge in [0.05, 0.1) is 18.7 Å². The van der Waals surface area contributed by atoms with Crippen LogP contribution in [0.2, 0.25) is 5.02 Å². The molecule has 3 aromatic rings. The van der Waals surface area contributed by atoms with Crippen molar-refractivity contribution in [3.8, 4) is 0 Å². The number of anilines is 1. The first-order chi connectivity index (χ1) is 17.1. The Balaban J connectivity index is 1.67. The van der Waals surface area contributed by atoms with Crippen LogP contribution >= 0.6 is 11.6 Å². The van der Waals surface area contributed by atoms with E-state index in [4.69, 9.17) is 11.6 Å². The second-order valence-corrected chi connectivity index (χ2v) is 8.85. The van der Waals surface area contributed by atoms with E-state index >= 15 is 0 Å². The SMILES string of the molecule is COC(=O)c1ccc([C@H](C)NC(=O)c2c(C(F)(F)F)nn3c2N(Cc2ccccc2Cl)CCC3)cc1. The van der Waals surface area contributed by atoms with Gasteiger partial charge in [0, 0.05) is 24.7 Å². The number of halogens is 4. The highest BCUT2D eigenvalue weighted by Crippen LogP contribution is 2.38. The van der Waals surface area contributed by atoms with E-state index in [0.717, 1.165) is 5.56 Å². The number of nitrogens with zero attached hydrogens (tertiary/aromatic N) is 3. The second-order valence-electron chi connectivity index (χ2n) is 8.44. The summed E-state index contributed by atoms with van der Waals surface area (Å²) < 4.78 is 47.9. The van der Waals surface area contributed by atoms with Crippen molar-refractivity contribution in [3.63, 3.8) is 0 Å². The highest BCUT2D eigenvalue weighted by molar-refractivity contribution is 6.31. The molecule has 7 nitrogen and oxygen atoms in total. The quantitative estimate of drug-likeness (QED) is 0.450. The minimum atomic E-state index is -4.82. The molecule has 1 N–H and O–H groups in total. The summed E-state index contributed by atoms with van der Waals surface area (Å²) >= 11 is 6.29. The molecular weight excluding hydrogens is 497 g/mol. The Bertz CT molecular complexity index is 1270. The summed E-state index contributed by atoms with van der Waals surface area (Å²) in [6.07, 6.45) is -4.25. The van der Waals surface area contributed by atoms with Gasteiger partial charge in [-0.15, -0.1) is 0 Å². The molecule has 36 heavy (non-hydrogen) atoms. The number of hydrogen-bond donors (Lipinski definition) is 1. The van der Waals surface area contributed by atoms with Gasteiger partial charge in [-0.25, -0.2) is 9.48 Å². The molecule has 1 aliphatic heterocycles. The van der Waals surface area contributed by atoms with Crippen molar-refractivity contribution in [2.45, 2.75) is 38.7 Å². The van der Waals surface area contributed by atoms with Gasteiger partial charge in [-0.1, -0.05) is 41.9 Å². The number of carbonyl (C=O) groups is 2. The van der Waals surface area contributed by atoms with Gasteiger partial charge in [-0.05, 0) is 42.7 Å². The lowest BCUT2D eigenvalue weighted by Crippen LogP contribution is -2.35. The van der Waals surface area contributed by atoms with Crippen molar-refractivity contribution in [1.29, 1.82) is 0 Å². The van der Waals surface area contributed by atoms with E-state index in [-0.39, 0.29) is 18.9 Å². The molecule has 0 unspecified atom stereocenters. The molecular formula is C25H24ClF3N4O3. The van der Waals surface area contributed by atoms with Crippen LogP contribution in [-0.2, 0) is 24.0 Å². The minimum absolute atomic E-state index is 0.110. The zero-order chi connectivity index (χ0) is 26.0. The number of carbonyl (C=O) groups excluding carboxylic acids is 2. The normalized spacial score (nSPS) is 14.2. The predicted molar refractivity (Wildman–Crippen MR) is 128 cm³/mol. The van der Waals surface area contributed by atoms with Crippen LogP contribution in [0.25, 0.3) is 0 Å². The summed E-state index contributed by atoms with van der Waals surface area (Å²) in [6.45, 7) is 2.58. The molecule has 2 aromatic carbocycles. The number of rotatable bonds is 6. The lowest BCUT2D eigenvalue weighted by atomic mass is 10.0. The fourth-order valence-electron chi connectivity index (χ4n) is 4.22. The zero-order valence-corrected chi connectivity index (χ0v) is 20.4. The Morgan fingerprint density at radius 1 is 1.14 bits per heavy atom. The lowest BCUT2D eigenvalue weighted by Gasteiger charge is -2.31. The van der Waals surface area contributed by atoms with Crippen molar-refractivity contribution >= 4 is 29.3 Å². The molecule has 0 bridgehead atoms. The molecule has 1 amide bonds. The fraction of sp³-hybridized carbons (Fsp3) is 0.320. The summed E-state index contributed by atoms with van der Waals surface area (Å²) in [6, 6.07) is 12.7. The molecule has 1 aliphatic rings. The Kier molecular flexibility index (Phi) is 7.26. The number of hydrogen-bond acceptors (Lipinski definition) is 5. The largest absolute Gasteiger partial charge is 0.465 e. The maximum absolute atomic E-state index is 14.0. The standard InChI is InChI=1S/C25H24ClF3N4O3/c1-15(16-8-10-17(11-9-16)24(35)36-2)30-22(34)20-21(25(27,28)29)31-33-13-5-12-32(23(20)33)14-18-6-3-4-7-19(18)26/h3-4,6-11,15H,5,12-14H2,1-2H3,(H,30,34)/t15-/m0/s1. The number of benzene rings is 2. The second kappa shape index (κ2) is 10.2. The average Bonchev–Trinajstić information content (AvgIpc) is 3.26. The molecule has 2 heterocycles. The van der Waals surface area contributed by atoms with Crippen LogP contribution in [0.5, 0.6) is 0 Å². The molecule has 0 fully saturated rings. The third-order valence-corrected chi connectivity index (χ3v) is 6.39. The highest BCUT2D eigenvalue weighted by atomic mass is 35.5. The molecule has 0 saturated heterocycles. The third kappa shape index (κ3) is 5.18. The molecule has 4 rings (SSSR count). The number of esters is 1. The van der Waals surface area contributed by atoms with Crippen LogP contribution in [0.3, 0.4) is 0 Å². The number of ether oxygens (including phenoxy) is 1. The number of fused-ring (bicyclic) bond motifs is 1. The number of aromatic nitrogens is 2. The molecule has 1 atom stereocenters. The number of alkyl halides is 3. The topological polar surface area (TPSA) is 76.5 Å². The summed E-state index contributed by atoms with van der Waals surface area (Å²) in [5.74, 6) is -1.29. The predicted octanol–water partition coefficient (Wildman–Crippen LogP) is 5.24. The zero-order valence-electron chi connectivity index (χ0n) is 19.6. The van der Waals surface area contributed by atoms with Gasteiger partial charge < -0.3 is 15.0 Å². The van der Waals surface area contributed by atoms with E-state index in [0.29, 0.717) is 29.1 Å². The van der Waals surface area contributed by atoms with E-state index in [1.807, 2.05) is 0 Å². The minimum Gasteiger partial charge on any atom is -0.465 e. The Labute approximate surface area is 210 Å². The van der Waals surface area contributed by atoms with E-state index in [9.17, 15) is 22.8 Å². The maximum Gasteiger partial charge on any atom is 0.436 e. The summed E-state index contributed by atoms with van der Waals surface area (Å²) in [5.41, 5.74) is -0.0899. The van der Waals surface area contributed by atoms with Crippen molar-refractivity contribution < 1.29 is 27.5 Å². The van der Waals surface area contributed by atoms with Gasteiger partial charge in [0.25, 0.3) is 5.91 Å². The van der Waals surface area contributed by atoms with E-state index in [1.165, 1.54) is 23.9 Å². The number of aryl methyl sites for hydroxylation is 1. The molecule has 0 spiro atoms. The van der Waals surface area contributed by atoms with Gasteiger partial charge in [0.2, 0.25) is 0 Å². The average molecular weight is 521 g/mol. The Hall–Kier alpha value is -3.53. The van der Waals surface area contributed by atoms with Crippen LogP contribution in [0.1, 0.15) is 56.9 Å². The van der Waals surface area contributed by atoms with Crippen LogP contribution in [0.4, 0.5) is 19.0 Å². The number of methoxy groups -OCH3 is 1. The Morgan fingerprint density at radius 2 is 1.83 bits per heavy atom. The molecule has 1 aromatic heterocycles. The van der Waals surface area contributed by atoms with Crippen LogP contribution in [0, 0.1) is 0 Å². The first kappa shape index (κ1) is 25.6. The van der Waals surface area contributed by atoms with Crippen molar-refractivity contribution in [1.82, 2.24) is 15.1 Å². The first-order valence-corrected chi connectivity index (χ1v) is 11.6. The maximum atomic E-state index is 14.0. The van der Waals surface area contributed by atoms with E-state index in [1.54, 1.807) is 48.2 Å². The van der Waals surface area contributed by atoms with Crippen LogP contribution in [-0.4, -0.2) is 35.3 Å². The van der Waals surface area contributed by atoms with Gasteiger partial charge in [0.15, 0.2) is 5.69 Å². The number of amides is 1. The van der Waals surface area contributed by atoms with Gasteiger partial charge >= 0.3 is 12.1 Å². The fourth-order valence-corrected chi connectivity index (χ4v) is 4.41. The van der Waals surface area contributed by atoms with Crippen molar-refractivity contribution in [3.05, 3.63) is 81.5 Å². The highest BCUT2D eigenvalue weighted by Gasteiger charge is 2.43. The van der Waals surface area contributed by atoms with Gasteiger partial charge in [-0.2, -0.15) is 18.3 Å². The van der Waals surface area contributed by atoms with E-state index in [2.05, 4.69) is 15.2 Å². The lowest BCUT2D eigenvalue weighted by molar-refractivity contribution is -0.141. The third-order valence-electron chi connectivity index (χ3n) is 6.02. The molecule has 11 heteroatoms. The first-order valence-electron chi connectivity index (χ1n) is 11.3. The summed E-state index contributed by atoms with van der Waals surface area (Å²) in [5, 5.41) is 6.93.